The molecule has 0 N–H and O–H groups in total. The highest BCUT2D eigenvalue weighted by Crippen LogP contribution is 2.15. The van der Waals surface area contributed by atoms with Crippen molar-refractivity contribution in [3.05, 3.63) is 30.1 Å². The lowest BCUT2D eigenvalue weighted by Gasteiger charge is -2.04. The van der Waals surface area contributed by atoms with Gasteiger partial charge in [-0.3, -0.25) is 0 Å². The molecule has 0 unspecified atom stereocenters. The van der Waals surface area contributed by atoms with Crippen LogP contribution in [-0.4, -0.2) is 0 Å². The van der Waals surface area contributed by atoms with E-state index < -0.39 is 0 Å². The van der Waals surface area contributed by atoms with Crippen LogP contribution in [0.3, 0.4) is 0 Å². The Morgan fingerprint density at radius 3 is 1.00 bits per heavy atom. The van der Waals surface area contributed by atoms with Crippen molar-refractivity contribution in [2.45, 2.75) is 207 Å². The molecule has 0 aliphatic heterocycles. The first kappa shape index (κ1) is 35.2. The summed E-state index contributed by atoms with van der Waals surface area (Å²) in [6.45, 7) is 5.80. The fourth-order valence-electron chi connectivity index (χ4n) is 5.82. The van der Waals surface area contributed by atoms with E-state index in [9.17, 15) is 0 Å². The molecule has 0 fully saturated rings. The average molecular weight is 529 g/mol. The van der Waals surface area contributed by atoms with Gasteiger partial charge in [-0.2, -0.15) is 0 Å². The number of aryl methyl sites for hydroxylation is 2. The fraction of sp³-hybridized carbons (Fsp3) is 0.865. The quantitative estimate of drug-likeness (QED) is 0.0690. The van der Waals surface area contributed by atoms with Crippen molar-refractivity contribution in [1.82, 2.24) is 0 Å². The van der Waals surface area contributed by atoms with Crippen LogP contribution in [0.1, 0.15) is 199 Å². The summed E-state index contributed by atoms with van der Waals surface area (Å²) in [4.78, 5) is 0. The van der Waals surface area contributed by atoms with Gasteiger partial charge in [0.1, 0.15) is 6.54 Å². The summed E-state index contributed by atoms with van der Waals surface area (Å²) in [5.74, 6) is 0. The van der Waals surface area contributed by atoms with Gasteiger partial charge in [0.15, 0.2) is 12.4 Å². The minimum Gasteiger partial charge on any atom is -0.205 e. The third-order valence-electron chi connectivity index (χ3n) is 8.55. The van der Waals surface area contributed by atoms with Crippen LogP contribution in [0.15, 0.2) is 24.5 Å². The monoisotopic (exact) mass is 529 g/mol. The first-order valence-electron chi connectivity index (χ1n) is 17.8. The van der Waals surface area contributed by atoms with E-state index in [2.05, 4.69) is 42.9 Å². The van der Waals surface area contributed by atoms with E-state index in [1.165, 1.54) is 198 Å². The van der Waals surface area contributed by atoms with Gasteiger partial charge in [0.2, 0.25) is 0 Å². The Morgan fingerprint density at radius 1 is 0.368 bits per heavy atom. The number of pyridine rings is 1. The van der Waals surface area contributed by atoms with Gasteiger partial charge in [-0.1, -0.05) is 174 Å². The standard InChI is InChI=1S/C37H70N/c1-3-5-7-9-11-13-15-17-18-19-20-22-24-26-28-30-34-38-35-32-37(33-36-38)31-29-27-25-23-21-16-14-12-10-8-6-4-2/h32-33,35-36H,3-31,34H2,1-2H3/q+1. The van der Waals surface area contributed by atoms with E-state index >= 15 is 0 Å². The SMILES string of the molecule is CCCCCCCCCCCCCCCCCC[n+]1ccc(CCCCCCCCCCCCCC)cc1. The van der Waals surface area contributed by atoms with Crippen molar-refractivity contribution in [3.8, 4) is 0 Å². The molecule has 0 bridgehead atoms. The maximum Gasteiger partial charge on any atom is 0.169 e. The number of unbranched alkanes of at least 4 members (excludes halogenated alkanes) is 26. The van der Waals surface area contributed by atoms with Gasteiger partial charge >= 0.3 is 0 Å². The van der Waals surface area contributed by atoms with Gasteiger partial charge in [-0.05, 0) is 24.8 Å². The van der Waals surface area contributed by atoms with Crippen LogP contribution in [0.4, 0.5) is 0 Å². The molecule has 1 nitrogen and oxygen atoms in total. The largest absolute Gasteiger partial charge is 0.205 e. The van der Waals surface area contributed by atoms with Crippen molar-refractivity contribution >= 4 is 0 Å². The first-order valence-corrected chi connectivity index (χ1v) is 17.8. The lowest BCUT2D eigenvalue weighted by molar-refractivity contribution is -0.697. The molecular formula is C37H70N+. The van der Waals surface area contributed by atoms with Gasteiger partial charge in [-0.15, -0.1) is 0 Å². The second-order valence-electron chi connectivity index (χ2n) is 12.4. The van der Waals surface area contributed by atoms with E-state index in [1.807, 2.05) is 0 Å². The van der Waals surface area contributed by atoms with Crippen molar-refractivity contribution < 1.29 is 4.57 Å². The molecule has 0 aromatic carbocycles. The van der Waals surface area contributed by atoms with Crippen LogP contribution in [0, 0.1) is 0 Å². The van der Waals surface area contributed by atoms with Crippen LogP contribution in [0.2, 0.25) is 0 Å². The van der Waals surface area contributed by atoms with Crippen molar-refractivity contribution in [3.63, 3.8) is 0 Å². The Bertz CT molecular complexity index is 563. The topological polar surface area (TPSA) is 3.88 Å². The number of hydrogen-bond donors (Lipinski definition) is 0. The molecule has 0 aliphatic carbocycles. The molecule has 0 saturated heterocycles. The summed E-state index contributed by atoms with van der Waals surface area (Å²) in [5.41, 5.74) is 1.53. The minimum absolute atomic E-state index is 1.19. The molecule has 0 amide bonds. The van der Waals surface area contributed by atoms with E-state index in [-0.39, 0.29) is 0 Å². The first-order chi connectivity index (χ1) is 18.9. The van der Waals surface area contributed by atoms with E-state index in [0.717, 1.165) is 0 Å². The highest BCUT2D eigenvalue weighted by Gasteiger charge is 2.02. The van der Waals surface area contributed by atoms with Crippen molar-refractivity contribution in [2.75, 3.05) is 0 Å². The second-order valence-corrected chi connectivity index (χ2v) is 12.4. The lowest BCUT2D eigenvalue weighted by Crippen LogP contribution is -2.32. The van der Waals surface area contributed by atoms with Crippen LogP contribution in [-0.2, 0) is 13.0 Å². The Kier molecular flexibility index (Phi) is 27.0. The zero-order chi connectivity index (χ0) is 27.2. The van der Waals surface area contributed by atoms with Gasteiger partial charge in [0, 0.05) is 18.6 Å². The minimum atomic E-state index is 1.19. The van der Waals surface area contributed by atoms with Crippen molar-refractivity contribution in [1.29, 1.82) is 0 Å². The predicted octanol–water partition coefficient (Wildman–Crippen LogP) is 12.5. The molecule has 1 rings (SSSR count). The normalized spacial score (nSPS) is 11.4. The molecule has 1 aromatic heterocycles. The Morgan fingerprint density at radius 2 is 0.658 bits per heavy atom. The Balaban J connectivity index is 1.83. The second kappa shape index (κ2) is 29.1. The average Bonchev–Trinajstić information content (AvgIpc) is 2.94. The van der Waals surface area contributed by atoms with Crippen LogP contribution in [0.25, 0.3) is 0 Å². The number of nitrogens with zero attached hydrogens (tertiary/aromatic N) is 1. The molecule has 0 radical (unpaired) electrons. The number of hydrogen-bond acceptors (Lipinski definition) is 0. The Labute approximate surface area is 241 Å². The summed E-state index contributed by atoms with van der Waals surface area (Å²) in [5, 5.41) is 0. The molecule has 0 aliphatic rings. The Hall–Kier alpha value is -0.850. The fourth-order valence-corrected chi connectivity index (χ4v) is 5.82. The number of aromatic nitrogens is 1. The van der Waals surface area contributed by atoms with Crippen LogP contribution in [0.5, 0.6) is 0 Å². The van der Waals surface area contributed by atoms with Crippen LogP contribution < -0.4 is 4.57 Å². The zero-order valence-corrected chi connectivity index (χ0v) is 26.5. The van der Waals surface area contributed by atoms with Crippen LogP contribution >= 0.6 is 0 Å². The molecule has 0 atom stereocenters. The summed E-state index contributed by atoms with van der Waals surface area (Å²) in [6, 6.07) is 4.73. The highest BCUT2D eigenvalue weighted by molar-refractivity contribution is 5.07. The predicted molar refractivity (Wildman–Crippen MR) is 171 cm³/mol. The highest BCUT2D eigenvalue weighted by atomic mass is 14.9. The van der Waals surface area contributed by atoms with E-state index in [4.69, 9.17) is 0 Å². The summed E-state index contributed by atoms with van der Waals surface area (Å²) in [6.07, 6.45) is 46.2. The molecular weight excluding hydrogens is 458 g/mol. The molecule has 1 heteroatoms. The number of rotatable bonds is 30. The van der Waals surface area contributed by atoms with E-state index in [0.29, 0.717) is 0 Å². The molecule has 1 heterocycles. The molecule has 0 saturated carbocycles. The van der Waals surface area contributed by atoms with Gasteiger partial charge < -0.3 is 0 Å². The molecule has 38 heavy (non-hydrogen) atoms. The summed E-state index contributed by atoms with van der Waals surface area (Å²) >= 11 is 0. The maximum atomic E-state index is 2.40. The molecule has 222 valence electrons. The van der Waals surface area contributed by atoms with Crippen molar-refractivity contribution in [2.24, 2.45) is 0 Å². The molecule has 1 aromatic rings. The third kappa shape index (κ3) is 24.2. The smallest absolute Gasteiger partial charge is 0.169 e. The third-order valence-corrected chi connectivity index (χ3v) is 8.55. The lowest BCUT2D eigenvalue weighted by atomic mass is 10.0. The zero-order valence-electron chi connectivity index (χ0n) is 26.5. The summed E-state index contributed by atoms with van der Waals surface area (Å²) < 4.78 is 2.40. The maximum absolute atomic E-state index is 2.40. The summed E-state index contributed by atoms with van der Waals surface area (Å²) in [7, 11) is 0. The van der Waals surface area contributed by atoms with E-state index in [1.54, 1.807) is 0 Å². The molecule has 0 spiro atoms. The van der Waals surface area contributed by atoms with Gasteiger partial charge in [-0.25, -0.2) is 4.57 Å². The van der Waals surface area contributed by atoms with Gasteiger partial charge in [0.25, 0.3) is 0 Å². The van der Waals surface area contributed by atoms with Gasteiger partial charge in [0.05, 0.1) is 0 Å².